The zero-order valence-corrected chi connectivity index (χ0v) is 22.1. The highest BCUT2D eigenvalue weighted by Crippen LogP contribution is 2.14. The van der Waals surface area contributed by atoms with Gasteiger partial charge < -0.3 is 24.1 Å². The molecule has 8 heteroatoms. The van der Waals surface area contributed by atoms with Crippen LogP contribution >= 0.6 is 0 Å². The first kappa shape index (κ1) is 36.9. The van der Waals surface area contributed by atoms with Crippen LogP contribution < -0.4 is 5.73 Å². The molecule has 0 bridgehead atoms. The molecule has 32 heavy (non-hydrogen) atoms. The fourth-order valence-electron chi connectivity index (χ4n) is 3.52. The Hall–Kier alpha value is 0.293. The molecule has 0 aromatic heterocycles. The van der Waals surface area contributed by atoms with Gasteiger partial charge in [-0.25, -0.2) is 0 Å². The summed E-state index contributed by atoms with van der Waals surface area (Å²) in [4.78, 5) is 10.3. The molecule has 0 rings (SSSR count). The minimum atomic E-state index is -2.32. The SMILES string of the molecule is CCCCCCCCCCCCCCCCCC(=O)O.CO[Si](CCCN)(OC)OC.[MgH2]. The van der Waals surface area contributed by atoms with Gasteiger partial charge in [-0.05, 0) is 19.4 Å². The van der Waals surface area contributed by atoms with E-state index >= 15 is 0 Å². The predicted octanol–water partition coefficient (Wildman–Crippen LogP) is 5.63. The van der Waals surface area contributed by atoms with Crippen LogP contribution in [0.4, 0.5) is 0 Å². The van der Waals surface area contributed by atoms with Crippen molar-refractivity contribution in [1.82, 2.24) is 0 Å². The van der Waals surface area contributed by atoms with E-state index in [-0.39, 0.29) is 23.1 Å². The molecule has 0 radical (unpaired) electrons. The van der Waals surface area contributed by atoms with E-state index in [4.69, 9.17) is 24.1 Å². The highest BCUT2D eigenvalue weighted by Gasteiger charge is 2.36. The molecule has 0 fully saturated rings. The Labute approximate surface area is 216 Å². The summed E-state index contributed by atoms with van der Waals surface area (Å²) in [5.41, 5.74) is 5.36. The van der Waals surface area contributed by atoms with Gasteiger partial charge in [0, 0.05) is 33.8 Å². The van der Waals surface area contributed by atoms with Crippen molar-refractivity contribution in [2.75, 3.05) is 27.9 Å². The van der Waals surface area contributed by atoms with Gasteiger partial charge in [-0.1, -0.05) is 96.8 Å². The van der Waals surface area contributed by atoms with E-state index in [0.29, 0.717) is 13.0 Å². The summed E-state index contributed by atoms with van der Waals surface area (Å²) in [6.07, 6.45) is 21.1. The fraction of sp³-hybridized carbons (Fsp3) is 0.958. The van der Waals surface area contributed by atoms with Crippen molar-refractivity contribution in [3.05, 3.63) is 0 Å². The van der Waals surface area contributed by atoms with Crippen LogP contribution in [-0.2, 0) is 18.1 Å². The second-order valence-corrected chi connectivity index (χ2v) is 11.4. The van der Waals surface area contributed by atoms with Crippen LogP contribution in [0, 0.1) is 0 Å². The number of hydrogen-bond donors (Lipinski definition) is 2. The lowest BCUT2D eigenvalue weighted by atomic mass is 10.0. The van der Waals surface area contributed by atoms with Crippen molar-refractivity contribution in [2.24, 2.45) is 5.73 Å². The van der Waals surface area contributed by atoms with Gasteiger partial charge in [0.25, 0.3) is 0 Å². The van der Waals surface area contributed by atoms with Gasteiger partial charge in [-0.2, -0.15) is 0 Å². The maximum atomic E-state index is 10.3. The third-order valence-corrected chi connectivity index (χ3v) is 8.45. The Kier molecular flexibility index (Phi) is 33.8. The maximum Gasteiger partial charge on any atom is 0.500 e. The maximum absolute atomic E-state index is 10.3. The smallest absolute Gasteiger partial charge is 0.481 e. The number of nitrogens with two attached hydrogens (primary N) is 1. The molecule has 6 nitrogen and oxygen atoms in total. The van der Waals surface area contributed by atoms with Crippen LogP contribution in [0.2, 0.25) is 6.04 Å². The highest BCUT2D eigenvalue weighted by molar-refractivity contribution is 6.60. The van der Waals surface area contributed by atoms with Gasteiger partial charge in [0.2, 0.25) is 0 Å². The summed E-state index contributed by atoms with van der Waals surface area (Å²) in [5, 5.41) is 8.52. The lowest BCUT2D eigenvalue weighted by Crippen LogP contribution is -2.42. The molecular formula is C24H55MgNO5Si. The first-order chi connectivity index (χ1) is 15.0. The molecule has 3 N–H and O–H groups in total. The molecule has 0 aliphatic rings. The first-order valence-corrected chi connectivity index (χ1v) is 14.5. The molecular weight excluding hydrogens is 435 g/mol. The van der Waals surface area contributed by atoms with Crippen molar-refractivity contribution in [2.45, 2.75) is 122 Å². The molecule has 0 aromatic carbocycles. The quantitative estimate of drug-likeness (QED) is 0.151. The topological polar surface area (TPSA) is 91.0 Å². The summed E-state index contributed by atoms with van der Waals surface area (Å²) in [5.74, 6) is -0.653. The standard InChI is InChI=1S/C18H36O2.C6H17NO3Si.Mg.2H/c1-2-3-4-5-6-7-8-9-10-11-12-13-14-15-16-17-18(19)20;1-8-11(9-2,10-3)6-4-5-7;;;/h2-17H2,1H3,(H,19,20);4-7H2,1-3H3;;;. The monoisotopic (exact) mass is 489 g/mol. The van der Waals surface area contributed by atoms with Crippen molar-refractivity contribution in [3.8, 4) is 0 Å². The van der Waals surface area contributed by atoms with E-state index in [1.807, 2.05) is 0 Å². The van der Waals surface area contributed by atoms with Crippen LogP contribution in [-0.4, -0.2) is 70.8 Å². The summed E-state index contributed by atoms with van der Waals surface area (Å²) in [6.45, 7) is 2.91. The van der Waals surface area contributed by atoms with Crippen LogP contribution in [0.1, 0.15) is 116 Å². The van der Waals surface area contributed by atoms with Crippen molar-refractivity contribution < 1.29 is 23.2 Å². The van der Waals surface area contributed by atoms with Crippen molar-refractivity contribution in [1.29, 1.82) is 0 Å². The summed E-state index contributed by atoms with van der Waals surface area (Å²) >= 11 is 0. The lowest BCUT2D eigenvalue weighted by molar-refractivity contribution is -0.137. The molecule has 0 atom stereocenters. The summed E-state index contributed by atoms with van der Waals surface area (Å²) in [7, 11) is 2.50. The zero-order valence-electron chi connectivity index (χ0n) is 21.1. The Balaban J connectivity index is -0.000000597. The fourth-order valence-corrected chi connectivity index (χ4v) is 5.27. The van der Waals surface area contributed by atoms with Crippen molar-refractivity contribution >= 4 is 37.8 Å². The van der Waals surface area contributed by atoms with Crippen LogP contribution in [0.5, 0.6) is 0 Å². The van der Waals surface area contributed by atoms with E-state index in [1.165, 1.54) is 83.5 Å². The van der Waals surface area contributed by atoms with Crippen LogP contribution in [0.3, 0.4) is 0 Å². The van der Waals surface area contributed by atoms with Gasteiger partial charge >= 0.3 is 37.8 Å². The van der Waals surface area contributed by atoms with Crippen molar-refractivity contribution in [3.63, 3.8) is 0 Å². The zero-order chi connectivity index (χ0) is 23.6. The van der Waals surface area contributed by atoms with Crippen LogP contribution in [0.15, 0.2) is 0 Å². The third kappa shape index (κ3) is 26.5. The largest absolute Gasteiger partial charge is 0.500 e. The Bertz CT molecular complexity index is 366. The first-order valence-electron chi connectivity index (χ1n) is 12.6. The molecule has 0 aliphatic heterocycles. The summed E-state index contributed by atoms with van der Waals surface area (Å²) in [6, 6.07) is 0.785. The molecule has 0 saturated heterocycles. The number of aliphatic carboxylic acids is 1. The van der Waals surface area contributed by atoms with E-state index in [1.54, 1.807) is 21.3 Å². The average molecular weight is 490 g/mol. The lowest BCUT2D eigenvalue weighted by Gasteiger charge is -2.23. The van der Waals surface area contributed by atoms with E-state index in [0.717, 1.165) is 25.3 Å². The predicted molar refractivity (Wildman–Crippen MR) is 141 cm³/mol. The molecule has 0 amide bonds. The molecule has 0 aromatic rings. The Morgan fingerprint density at radius 2 is 1.03 bits per heavy atom. The van der Waals surface area contributed by atoms with Gasteiger partial charge in [-0.3, -0.25) is 4.79 Å². The number of carbonyl (C=O) groups is 1. The summed E-state index contributed by atoms with van der Waals surface area (Å²) < 4.78 is 15.5. The Morgan fingerprint density at radius 3 is 1.31 bits per heavy atom. The minimum Gasteiger partial charge on any atom is -0.481 e. The number of carboxylic acid groups (broad SMARTS) is 1. The van der Waals surface area contributed by atoms with Crippen LogP contribution in [0.25, 0.3) is 0 Å². The molecule has 0 unspecified atom stereocenters. The van der Waals surface area contributed by atoms with E-state index < -0.39 is 14.8 Å². The highest BCUT2D eigenvalue weighted by atomic mass is 28.4. The molecule has 0 aliphatic carbocycles. The normalized spacial score (nSPS) is 10.9. The minimum absolute atomic E-state index is 0. The molecule has 192 valence electrons. The molecule has 0 saturated carbocycles. The molecule has 0 heterocycles. The Morgan fingerprint density at radius 1 is 0.688 bits per heavy atom. The number of carboxylic acids is 1. The van der Waals surface area contributed by atoms with Gasteiger partial charge in [-0.15, -0.1) is 0 Å². The second kappa shape index (κ2) is 29.3. The van der Waals surface area contributed by atoms with E-state index in [9.17, 15) is 4.79 Å². The second-order valence-electron chi connectivity index (χ2n) is 8.28. The van der Waals surface area contributed by atoms with Gasteiger partial charge in [0.15, 0.2) is 0 Å². The van der Waals surface area contributed by atoms with E-state index in [2.05, 4.69) is 6.92 Å². The number of unbranched alkanes of at least 4 members (excludes halogenated alkanes) is 14. The third-order valence-electron chi connectivity index (χ3n) is 5.61. The number of rotatable bonds is 22. The molecule has 0 spiro atoms. The number of hydrogen-bond acceptors (Lipinski definition) is 5. The van der Waals surface area contributed by atoms with Gasteiger partial charge in [0.1, 0.15) is 0 Å². The average Bonchev–Trinajstić information content (AvgIpc) is 2.78. The van der Waals surface area contributed by atoms with Gasteiger partial charge in [0.05, 0.1) is 0 Å².